The molecule has 1 aliphatic heterocycles. The van der Waals surface area contributed by atoms with Gasteiger partial charge >= 0.3 is 5.97 Å². The molecule has 7 heteroatoms. The monoisotopic (exact) mass is 385 g/mol. The first-order valence-electron chi connectivity index (χ1n) is 8.74. The van der Waals surface area contributed by atoms with Crippen molar-refractivity contribution in [3.05, 3.63) is 58.9 Å². The van der Waals surface area contributed by atoms with Crippen LogP contribution in [-0.4, -0.2) is 40.3 Å². The van der Waals surface area contributed by atoms with E-state index in [1.54, 1.807) is 30.5 Å². The Labute approximate surface area is 162 Å². The number of nitrogens with zero attached hydrogens (tertiary/aromatic N) is 3. The molecular weight excluding hydrogens is 366 g/mol. The largest absolute Gasteiger partial charge is 0.480 e. The highest BCUT2D eigenvalue weighted by molar-refractivity contribution is 6.32. The Morgan fingerprint density at radius 2 is 2.11 bits per heavy atom. The maximum atomic E-state index is 13.2. The molecule has 0 unspecified atom stereocenters. The fraction of sp³-hybridized carbons (Fsp3) is 0.300. The molecular formula is C20H20ClN3O3. The second kappa shape index (κ2) is 7.88. The van der Waals surface area contributed by atoms with E-state index in [2.05, 4.69) is 4.98 Å². The van der Waals surface area contributed by atoms with E-state index in [1.165, 1.54) is 4.90 Å². The number of carbonyl (C=O) groups is 2. The van der Waals surface area contributed by atoms with Crippen molar-refractivity contribution in [2.75, 3.05) is 11.4 Å². The highest BCUT2D eigenvalue weighted by Crippen LogP contribution is 2.32. The summed E-state index contributed by atoms with van der Waals surface area (Å²) >= 11 is 6.20. The maximum absolute atomic E-state index is 13.2. The topological polar surface area (TPSA) is 82.9 Å². The van der Waals surface area contributed by atoms with Crippen LogP contribution in [-0.2, 0) is 9.59 Å². The Kier molecular flexibility index (Phi) is 5.56. The van der Waals surface area contributed by atoms with Gasteiger partial charge in [-0.3, -0.25) is 24.5 Å². The first kappa shape index (κ1) is 19.0. The average Bonchev–Trinajstić information content (AvgIpc) is 2.77. The molecule has 140 valence electrons. The van der Waals surface area contributed by atoms with Gasteiger partial charge in [0.15, 0.2) is 0 Å². The minimum atomic E-state index is -1.09. The molecule has 0 bridgehead atoms. The van der Waals surface area contributed by atoms with Gasteiger partial charge < -0.3 is 5.11 Å². The fourth-order valence-electron chi connectivity index (χ4n) is 3.07. The molecule has 1 N–H and O–H groups in total. The highest BCUT2D eigenvalue weighted by Gasteiger charge is 2.35. The quantitative estimate of drug-likeness (QED) is 0.854. The molecule has 0 aliphatic carbocycles. The lowest BCUT2D eigenvalue weighted by Crippen LogP contribution is -2.43. The summed E-state index contributed by atoms with van der Waals surface area (Å²) in [5, 5.41) is 9.82. The zero-order valence-corrected chi connectivity index (χ0v) is 15.8. The Balaban J connectivity index is 2.27. The van der Waals surface area contributed by atoms with Crippen LogP contribution in [0.4, 0.5) is 5.69 Å². The summed E-state index contributed by atoms with van der Waals surface area (Å²) in [5.41, 5.74) is 2.22. The van der Waals surface area contributed by atoms with Crippen LogP contribution in [0.25, 0.3) is 0 Å². The number of benzodiazepines with no additional fused rings is 1. The summed E-state index contributed by atoms with van der Waals surface area (Å²) in [4.78, 5) is 35.1. The molecule has 1 aromatic heterocycles. The Bertz CT molecular complexity index is 899. The number of aromatic nitrogens is 1. The van der Waals surface area contributed by atoms with Crippen molar-refractivity contribution >= 4 is 34.9 Å². The number of carboxylic acids is 1. The van der Waals surface area contributed by atoms with Crippen molar-refractivity contribution in [2.45, 2.75) is 26.3 Å². The summed E-state index contributed by atoms with van der Waals surface area (Å²) in [6, 6.07) is 9.76. The first-order chi connectivity index (χ1) is 12.9. The van der Waals surface area contributed by atoms with Crippen LogP contribution in [0, 0.1) is 5.92 Å². The van der Waals surface area contributed by atoms with Gasteiger partial charge in [0.05, 0.1) is 17.1 Å². The SMILES string of the molecule is CC[C@H](C)[C@@H]1N=C(c2ccccn2)c2cc(Cl)ccc2N(CC(=O)O)C1=O. The van der Waals surface area contributed by atoms with Crippen LogP contribution in [0.3, 0.4) is 0 Å². The molecule has 1 aliphatic rings. The number of aliphatic carboxylic acids is 1. The van der Waals surface area contributed by atoms with Crippen molar-refractivity contribution in [2.24, 2.45) is 10.9 Å². The molecule has 1 amide bonds. The van der Waals surface area contributed by atoms with E-state index in [-0.39, 0.29) is 11.8 Å². The molecule has 6 nitrogen and oxygen atoms in total. The number of benzene rings is 1. The Morgan fingerprint density at radius 1 is 1.33 bits per heavy atom. The van der Waals surface area contributed by atoms with Crippen LogP contribution in [0.2, 0.25) is 5.02 Å². The minimum absolute atomic E-state index is 0.0581. The van der Waals surface area contributed by atoms with Crippen molar-refractivity contribution < 1.29 is 14.7 Å². The van der Waals surface area contributed by atoms with E-state index in [0.717, 1.165) is 6.42 Å². The van der Waals surface area contributed by atoms with Gasteiger partial charge in [0.25, 0.3) is 5.91 Å². The molecule has 0 saturated carbocycles. The van der Waals surface area contributed by atoms with Crippen molar-refractivity contribution in [3.63, 3.8) is 0 Å². The molecule has 3 rings (SSSR count). The number of carboxylic acid groups (broad SMARTS) is 1. The zero-order chi connectivity index (χ0) is 19.6. The lowest BCUT2D eigenvalue weighted by Gasteiger charge is -2.25. The van der Waals surface area contributed by atoms with Crippen molar-refractivity contribution in [1.29, 1.82) is 0 Å². The van der Waals surface area contributed by atoms with Gasteiger partial charge in [0, 0.05) is 16.8 Å². The summed E-state index contributed by atoms with van der Waals surface area (Å²) in [5.74, 6) is -1.48. The number of amides is 1. The third-order valence-corrected chi connectivity index (χ3v) is 4.91. The van der Waals surface area contributed by atoms with Crippen LogP contribution < -0.4 is 4.90 Å². The molecule has 27 heavy (non-hydrogen) atoms. The van der Waals surface area contributed by atoms with Gasteiger partial charge in [-0.05, 0) is 36.2 Å². The van der Waals surface area contributed by atoms with E-state index in [1.807, 2.05) is 26.0 Å². The lowest BCUT2D eigenvalue weighted by molar-refractivity contribution is -0.136. The second-order valence-electron chi connectivity index (χ2n) is 6.50. The van der Waals surface area contributed by atoms with Gasteiger partial charge in [-0.15, -0.1) is 0 Å². The number of hydrogen-bond donors (Lipinski definition) is 1. The highest BCUT2D eigenvalue weighted by atomic mass is 35.5. The average molecular weight is 386 g/mol. The molecule has 0 saturated heterocycles. The number of aliphatic imine (C=N–C) groups is 1. The van der Waals surface area contributed by atoms with Gasteiger partial charge in [0.2, 0.25) is 0 Å². The Morgan fingerprint density at radius 3 is 2.74 bits per heavy atom. The normalized spacial score (nSPS) is 17.7. The van der Waals surface area contributed by atoms with Crippen molar-refractivity contribution in [1.82, 2.24) is 4.98 Å². The number of fused-ring (bicyclic) bond motifs is 1. The summed E-state index contributed by atoms with van der Waals surface area (Å²) < 4.78 is 0. The van der Waals surface area contributed by atoms with E-state index >= 15 is 0 Å². The number of rotatable bonds is 5. The van der Waals surface area contributed by atoms with Crippen LogP contribution in [0.1, 0.15) is 31.5 Å². The smallest absolute Gasteiger partial charge is 0.323 e. The van der Waals surface area contributed by atoms with Gasteiger partial charge in [-0.25, -0.2) is 0 Å². The number of halogens is 1. The minimum Gasteiger partial charge on any atom is -0.480 e. The third-order valence-electron chi connectivity index (χ3n) is 4.68. The van der Waals surface area contributed by atoms with Crippen LogP contribution in [0.5, 0.6) is 0 Å². The maximum Gasteiger partial charge on any atom is 0.323 e. The Hall–Kier alpha value is -2.73. The molecule has 1 aromatic carbocycles. The summed E-state index contributed by atoms with van der Waals surface area (Å²) in [7, 11) is 0. The number of anilines is 1. The molecule has 0 fully saturated rings. The predicted octanol–water partition coefficient (Wildman–Crippen LogP) is 3.42. The molecule has 2 aromatic rings. The van der Waals surface area contributed by atoms with Crippen molar-refractivity contribution in [3.8, 4) is 0 Å². The number of pyridine rings is 1. The van der Waals surface area contributed by atoms with E-state index in [4.69, 9.17) is 16.6 Å². The molecule has 2 atom stereocenters. The summed E-state index contributed by atoms with van der Waals surface area (Å²) in [6.07, 6.45) is 2.38. The number of carbonyl (C=O) groups excluding carboxylic acids is 1. The molecule has 0 radical (unpaired) electrons. The third kappa shape index (κ3) is 3.85. The van der Waals surface area contributed by atoms with E-state index < -0.39 is 18.6 Å². The molecule has 0 spiro atoms. The lowest BCUT2D eigenvalue weighted by atomic mass is 9.98. The van der Waals surface area contributed by atoms with E-state index in [0.29, 0.717) is 27.7 Å². The van der Waals surface area contributed by atoms with Gasteiger partial charge in [-0.2, -0.15) is 0 Å². The first-order valence-corrected chi connectivity index (χ1v) is 9.12. The fourth-order valence-corrected chi connectivity index (χ4v) is 3.25. The zero-order valence-electron chi connectivity index (χ0n) is 15.1. The standard InChI is InChI=1S/C20H20ClN3O3/c1-3-12(2)18-20(27)24(11-17(25)26)16-8-7-13(21)10-14(16)19(23-18)15-6-4-5-9-22-15/h4-10,12,18H,3,11H2,1-2H3,(H,25,26)/t12-,18-/m0/s1. The van der Waals surface area contributed by atoms with Gasteiger partial charge in [-0.1, -0.05) is 37.9 Å². The predicted molar refractivity (Wildman–Crippen MR) is 105 cm³/mol. The van der Waals surface area contributed by atoms with Gasteiger partial charge in [0.1, 0.15) is 12.6 Å². The second-order valence-corrected chi connectivity index (χ2v) is 6.94. The van der Waals surface area contributed by atoms with Crippen LogP contribution >= 0.6 is 11.6 Å². The van der Waals surface area contributed by atoms with E-state index in [9.17, 15) is 14.7 Å². The summed E-state index contributed by atoms with van der Waals surface area (Å²) in [6.45, 7) is 3.47. The number of hydrogen-bond acceptors (Lipinski definition) is 4. The van der Waals surface area contributed by atoms with Crippen LogP contribution in [0.15, 0.2) is 47.6 Å². The molecule has 2 heterocycles.